The summed E-state index contributed by atoms with van der Waals surface area (Å²) in [4.78, 5) is 59.3. The number of amides is 3. The summed E-state index contributed by atoms with van der Waals surface area (Å²) in [5, 5.41) is 13.8. The Kier molecular flexibility index (Phi) is 9.05. The summed E-state index contributed by atoms with van der Waals surface area (Å²) in [6.45, 7) is 3.32. The molecule has 0 unspecified atom stereocenters. The zero-order valence-corrected chi connectivity index (χ0v) is 26.6. The normalized spacial score (nSPS) is 31.1. The lowest BCUT2D eigenvalue weighted by atomic mass is 9.74. The lowest BCUT2D eigenvalue weighted by molar-refractivity contribution is -0.146. The van der Waals surface area contributed by atoms with Gasteiger partial charge in [0.1, 0.15) is 18.2 Å². The van der Waals surface area contributed by atoms with E-state index in [1.165, 1.54) is 9.80 Å². The van der Waals surface area contributed by atoms with Gasteiger partial charge in [-0.2, -0.15) is 0 Å². The number of halogens is 1. The van der Waals surface area contributed by atoms with Gasteiger partial charge in [-0.1, -0.05) is 85.3 Å². The number of aryl methyl sites for hydroxylation is 1. The molecule has 0 aliphatic carbocycles. The quantitative estimate of drug-likeness (QED) is 0.375. The van der Waals surface area contributed by atoms with E-state index in [2.05, 4.69) is 5.32 Å². The molecule has 2 aromatic carbocycles. The first-order valence-corrected chi connectivity index (χ1v) is 16.1. The number of hydrogen-bond acceptors (Lipinski definition) is 7. The topological polar surface area (TPSA) is 125 Å². The van der Waals surface area contributed by atoms with Crippen LogP contribution in [0.5, 0.6) is 0 Å². The number of rotatable bonds is 5. The van der Waals surface area contributed by atoms with Gasteiger partial charge in [-0.3, -0.25) is 19.2 Å². The molecule has 11 heteroatoms. The van der Waals surface area contributed by atoms with E-state index in [9.17, 15) is 24.3 Å². The number of anilines is 1. The Labute approximate surface area is 273 Å². The Bertz CT molecular complexity index is 1550. The summed E-state index contributed by atoms with van der Waals surface area (Å²) in [6.07, 6.45) is 7.18. The second kappa shape index (κ2) is 13.0. The van der Waals surface area contributed by atoms with Gasteiger partial charge >= 0.3 is 5.97 Å². The number of benzene rings is 2. The molecule has 2 saturated heterocycles. The van der Waals surface area contributed by atoms with Gasteiger partial charge in [0.05, 0.1) is 47.3 Å². The molecule has 3 amide bonds. The van der Waals surface area contributed by atoms with E-state index in [0.29, 0.717) is 23.6 Å². The van der Waals surface area contributed by atoms with Crippen molar-refractivity contribution < 1.29 is 33.8 Å². The highest BCUT2D eigenvalue weighted by Crippen LogP contribution is 2.56. The highest BCUT2D eigenvalue weighted by molar-refractivity contribution is 6.34. The zero-order valence-electron chi connectivity index (χ0n) is 25.8. The number of fused-ring (bicyclic) bond motifs is 2. The number of likely N-dealkylation sites (tertiary alicyclic amines) is 1. The van der Waals surface area contributed by atoms with E-state index in [1.807, 2.05) is 50.2 Å². The van der Waals surface area contributed by atoms with E-state index in [1.54, 1.807) is 36.4 Å². The number of hydrogen-bond donors (Lipinski definition) is 2. The molecule has 7 atom stereocenters. The SMILES string of the molecule is CC[C@@H](CO)N1C(=O)[C@H]2[C@@H]3C(=O)N[C@H](c4ccccc4)COC(=O)CC/C=C\CN(c4c(C)cccc4Cl)C(=O)[C@H]1[C@@]21C=C[C@@H]3O1. The smallest absolute Gasteiger partial charge is 0.306 e. The first-order valence-electron chi connectivity index (χ1n) is 15.7. The number of ether oxygens (including phenoxy) is 2. The monoisotopic (exact) mass is 647 g/mol. The number of cyclic esters (lactones) is 1. The van der Waals surface area contributed by atoms with E-state index in [0.717, 1.165) is 11.1 Å². The van der Waals surface area contributed by atoms with Gasteiger partial charge in [0.2, 0.25) is 11.8 Å². The molecule has 2 aromatic rings. The van der Waals surface area contributed by atoms with E-state index in [-0.39, 0.29) is 26.2 Å². The highest BCUT2D eigenvalue weighted by atomic mass is 35.5. The molecule has 6 rings (SSSR count). The maximum absolute atomic E-state index is 15.0. The van der Waals surface area contributed by atoms with Crippen LogP contribution in [0.3, 0.4) is 0 Å². The second-order valence-electron chi connectivity index (χ2n) is 12.2. The molecule has 242 valence electrons. The van der Waals surface area contributed by atoms with Crippen molar-refractivity contribution in [1.29, 1.82) is 0 Å². The zero-order chi connectivity index (χ0) is 32.6. The summed E-state index contributed by atoms with van der Waals surface area (Å²) in [6, 6.07) is 12.0. The Hall–Kier alpha value is -3.99. The summed E-state index contributed by atoms with van der Waals surface area (Å²) in [7, 11) is 0. The third-order valence-corrected chi connectivity index (χ3v) is 9.85. The summed E-state index contributed by atoms with van der Waals surface area (Å²) in [5.74, 6) is -3.72. The van der Waals surface area contributed by atoms with Crippen molar-refractivity contribution in [2.24, 2.45) is 11.8 Å². The predicted octanol–water partition coefficient (Wildman–Crippen LogP) is 3.65. The maximum Gasteiger partial charge on any atom is 0.306 e. The number of aliphatic hydroxyl groups excluding tert-OH is 1. The lowest BCUT2D eigenvalue weighted by Gasteiger charge is -2.39. The average Bonchev–Trinajstić information content (AvgIpc) is 3.70. The van der Waals surface area contributed by atoms with Crippen LogP contribution in [0.1, 0.15) is 43.4 Å². The molecule has 2 fully saturated rings. The molecule has 0 aromatic heterocycles. The molecular weight excluding hydrogens is 610 g/mol. The van der Waals surface area contributed by atoms with Gasteiger partial charge in [-0.25, -0.2) is 0 Å². The van der Waals surface area contributed by atoms with Crippen LogP contribution in [0.2, 0.25) is 5.02 Å². The standard InChI is InChI=1S/C35H38ClN3O7/c1-3-23(19-40)39-31-34(44)38(30-21(2)11-10-14-24(30)36)18-9-5-8-15-27(41)45-20-25(22-12-6-4-7-13-22)37-32(42)28-26-16-17-35(31,46-26)29(28)33(39)43/h4-7,9-14,16-17,23,25-26,28-29,31,40H,3,8,15,18-20H2,1-2H3,(H,37,42)/b9-5-/t23-,25-,26-,28+,29+,31-,35+/m0/s1. The van der Waals surface area contributed by atoms with Gasteiger partial charge in [-0.15, -0.1) is 0 Å². The number of allylic oxidation sites excluding steroid dienone is 1. The number of carbonyl (C=O) groups is 4. The molecule has 4 aliphatic heterocycles. The van der Waals surface area contributed by atoms with Crippen molar-refractivity contribution in [2.45, 2.75) is 62.9 Å². The minimum absolute atomic E-state index is 0.0919. The van der Waals surface area contributed by atoms with Crippen LogP contribution in [-0.4, -0.2) is 77.2 Å². The fourth-order valence-corrected chi connectivity index (χ4v) is 7.64. The molecule has 4 heterocycles. The second-order valence-corrected chi connectivity index (χ2v) is 12.6. The molecule has 5 bridgehead atoms. The third-order valence-electron chi connectivity index (χ3n) is 9.55. The molecular formula is C35H38ClN3O7. The van der Waals surface area contributed by atoms with Gasteiger partial charge in [0.15, 0.2) is 0 Å². The summed E-state index contributed by atoms with van der Waals surface area (Å²) < 4.78 is 12.1. The number of para-hydroxylation sites is 1. The molecule has 1 spiro atoms. The molecule has 0 saturated carbocycles. The fraction of sp³-hybridized carbons (Fsp3) is 0.429. The van der Waals surface area contributed by atoms with Crippen LogP contribution in [-0.2, 0) is 28.7 Å². The largest absolute Gasteiger partial charge is 0.463 e. The van der Waals surface area contributed by atoms with Gasteiger partial charge < -0.3 is 29.7 Å². The molecule has 10 nitrogen and oxygen atoms in total. The van der Waals surface area contributed by atoms with E-state index >= 15 is 0 Å². The minimum Gasteiger partial charge on any atom is -0.463 e. The minimum atomic E-state index is -1.44. The van der Waals surface area contributed by atoms with Crippen molar-refractivity contribution in [3.8, 4) is 0 Å². The van der Waals surface area contributed by atoms with Crippen LogP contribution in [0.25, 0.3) is 0 Å². The van der Waals surface area contributed by atoms with Crippen LogP contribution < -0.4 is 10.2 Å². The Morgan fingerprint density at radius 2 is 1.85 bits per heavy atom. The third kappa shape index (κ3) is 5.42. The number of aliphatic hydroxyl groups is 1. The average molecular weight is 648 g/mol. The van der Waals surface area contributed by atoms with Crippen molar-refractivity contribution in [1.82, 2.24) is 10.2 Å². The first-order chi connectivity index (χ1) is 22.2. The fourth-order valence-electron chi connectivity index (χ4n) is 7.32. The highest BCUT2D eigenvalue weighted by Gasteiger charge is 2.73. The number of nitrogens with one attached hydrogen (secondary N) is 1. The first kappa shape index (κ1) is 32.0. The van der Waals surface area contributed by atoms with E-state index < -0.39 is 65.4 Å². The number of carbonyl (C=O) groups excluding carboxylic acids is 4. The Morgan fingerprint density at radius 3 is 2.57 bits per heavy atom. The number of esters is 1. The van der Waals surface area contributed by atoms with Gasteiger partial charge in [0.25, 0.3) is 5.91 Å². The molecule has 2 N–H and O–H groups in total. The summed E-state index contributed by atoms with van der Waals surface area (Å²) >= 11 is 6.70. The Balaban J connectivity index is 1.47. The van der Waals surface area contributed by atoms with Gasteiger partial charge in [-0.05, 0) is 37.0 Å². The molecule has 0 radical (unpaired) electrons. The summed E-state index contributed by atoms with van der Waals surface area (Å²) in [5.41, 5.74) is 0.528. The van der Waals surface area contributed by atoms with Crippen molar-refractivity contribution in [3.05, 3.63) is 89.0 Å². The maximum atomic E-state index is 15.0. The Morgan fingerprint density at radius 1 is 1.07 bits per heavy atom. The lowest BCUT2D eigenvalue weighted by Crippen LogP contribution is -2.58. The number of nitrogens with zero attached hydrogens (tertiary/aromatic N) is 2. The van der Waals surface area contributed by atoms with Crippen molar-refractivity contribution in [2.75, 3.05) is 24.7 Å². The van der Waals surface area contributed by atoms with Crippen LogP contribution in [0.15, 0.2) is 72.8 Å². The van der Waals surface area contributed by atoms with Crippen molar-refractivity contribution >= 4 is 41.0 Å². The van der Waals surface area contributed by atoms with E-state index in [4.69, 9.17) is 21.1 Å². The molecule has 4 aliphatic rings. The predicted molar refractivity (Wildman–Crippen MR) is 171 cm³/mol. The van der Waals surface area contributed by atoms with Crippen LogP contribution in [0.4, 0.5) is 5.69 Å². The van der Waals surface area contributed by atoms with Crippen molar-refractivity contribution in [3.63, 3.8) is 0 Å². The molecule has 46 heavy (non-hydrogen) atoms. The van der Waals surface area contributed by atoms with Gasteiger partial charge in [0, 0.05) is 13.0 Å². The van der Waals surface area contributed by atoms with Crippen LogP contribution >= 0.6 is 11.6 Å². The van der Waals surface area contributed by atoms with Crippen LogP contribution in [0, 0.1) is 18.8 Å².